The third-order valence-electron chi connectivity index (χ3n) is 3.35. The first kappa shape index (κ1) is 15.8. The van der Waals surface area contributed by atoms with Crippen LogP contribution in [-0.4, -0.2) is 21.1 Å². The fourth-order valence-corrected chi connectivity index (χ4v) is 2.27. The quantitative estimate of drug-likeness (QED) is 0.641. The van der Waals surface area contributed by atoms with Gasteiger partial charge in [0.1, 0.15) is 5.69 Å². The van der Waals surface area contributed by atoms with Gasteiger partial charge in [-0.3, -0.25) is 0 Å². The summed E-state index contributed by atoms with van der Waals surface area (Å²) in [7, 11) is 0. The Morgan fingerprint density at radius 2 is 2.00 bits per heavy atom. The molecule has 1 aromatic carbocycles. The number of rotatable bonds is 4. The highest BCUT2D eigenvalue weighted by Crippen LogP contribution is 2.21. The third-order valence-corrected chi connectivity index (χ3v) is 3.35. The van der Waals surface area contributed by atoms with E-state index in [0.29, 0.717) is 5.69 Å². The van der Waals surface area contributed by atoms with E-state index in [4.69, 9.17) is 4.74 Å². The fourth-order valence-electron chi connectivity index (χ4n) is 2.27. The lowest BCUT2D eigenvalue weighted by atomic mass is 10.1. The number of carbonyl (C=O) groups excluding carboxylic acids is 1. The van der Waals surface area contributed by atoms with E-state index in [1.165, 1.54) is 6.20 Å². The van der Waals surface area contributed by atoms with Crippen molar-refractivity contribution in [1.82, 2.24) is 9.55 Å². The Bertz CT molecular complexity index is 705. The average molecular weight is 296 g/mol. The molecule has 1 heterocycles. The predicted octanol–water partition coefficient (Wildman–Crippen LogP) is 3.45. The Morgan fingerprint density at radius 1 is 1.32 bits per heavy atom. The van der Waals surface area contributed by atoms with Crippen molar-refractivity contribution in [2.24, 2.45) is 0 Å². The second-order valence-corrected chi connectivity index (χ2v) is 5.55. The molecule has 0 saturated carbocycles. The van der Waals surface area contributed by atoms with Gasteiger partial charge in [0, 0.05) is 0 Å². The monoisotopic (exact) mass is 296 g/mol. The summed E-state index contributed by atoms with van der Waals surface area (Å²) in [6.07, 6.45) is 3.17. The van der Waals surface area contributed by atoms with Crippen molar-refractivity contribution in [3.8, 4) is 11.8 Å². The second kappa shape index (κ2) is 6.48. The molecule has 0 saturated heterocycles. The molecule has 0 amide bonds. The summed E-state index contributed by atoms with van der Waals surface area (Å²) < 4.78 is 7.29. The minimum Gasteiger partial charge on any atom is -0.442 e. The number of imidazole rings is 1. The molecule has 0 radical (unpaired) electrons. The molecule has 2 aromatic rings. The molecule has 0 aliphatic rings. The molecular weight excluding hydrogens is 276 g/mol. The number of esters is 1. The summed E-state index contributed by atoms with van der Waals surface area (Å²) in [4.78, 5) is 16.5. The molecule has 22 heavy (non-hydrogen) atoms. The molecular formula is C18H20N2O2. The van der Waals surface area contributed by atoms with Crippen LogP contribution in [-0.2, 0) is 4.74 Å². The lowest BCUT2D eigenvalue weighted by Gasteiger charge is -2.21. The van der Waals surface area contributed by atoms with Crippen molar-refractivity contribution >= 4 is 5.97 Å². The van der Waals surface area contributed by atoms with Crippen LogP contribution in [0.3, 0.4) is 0 Å². The number of ether oxygens (including phenoxy) is 1. The predicted molar refractivity (Wildman–Crippen MR) is 85.4 cm³/mol. The topological polar surface area (TPSA) is 44.1 Å². The molecule has 2 rings (SSSR count). The van der Waals surface area contributed by atoms with E-state index in [9.17, 15) is 4.79 Å². The van der Waals surface area contributed by atoms with Crippen molar-refractivity contribution < 1.29 is 9.53 Å². The van der Waals surface area contributed by atoms with Crippen LogP contribution < -0.4 is 0 Å². The smallest absolute Gasteiger partial charge is 0.358 e. The van der Waals surface area contributed by atoms with Gasteiger partial charge in [-0.1, -0.05) is 36.3 Å². The zero-order chi connectivity index (χ0) is 16.2. The van der Waals surface area contributed by atoms with Crippen molar-refractivity contribution in [2.75, 3.05) is 0 Å². The highest BCUT2D eigenvalue weighted by Gasteiger charge is 2.25. The summed E-state index contributed by atoms with van der Waals surface area (Å²) >= 11 is 0. The summed E-state index contributed by atoms with van der Waals surface area (Å²) in [6, 6.07) is 9.94. The van der Waals surface area contributed by atoms with Gasteiger partial charge >= 0.3 is 5.97 Å². The molecule has 114 valence electrons. The van der Waals surface area contributed by atoms with Gasteiger partial charge in [0.05, 0.1) is 18.6 Å². The van der Waals surface area contributed by atoms with Gasteiger partial charge in [0.25, 0.3) is 0 Å². The van der Waals surface area contributed by atoms with Gasteiger partial charge in [-0.15, -0.1) is 5.92 Å². The third kappa shape index (κ3) is 3.56. The molecule has 1 atom stereocenters. The molecule has 0 aliphatic carbocycles. The largest absolute Gasteiger partial charge is 0.442 e. The SMILES string of the molecule is CC#CC(C)(C)OC(=O)c1cncn1C(C)c1ccccc1. The normalized spacial score (nSPS) is 12.2. The number of nitrogens with zero attached hydrogens (tertiary/aromatic N) is 2. The average Bonchev–Trinajstić information content (AvgIpc) is 2.96. The summed E-state index contributed by atoms with van der Waals surface area (Å²) in [5, 5.41) is 0. The Hall–Kier alpha value is -2.54. The first-order valence-corrected chi connectivity index (χ1v) is 7.18. The van der Waals surface area contributed by atoms with E-state index in [-0.39, 0.29) is 6.04 Å². The maximum Gasteiger partial charge on any atom is 0.358 e. The molecule has 4 heteroatoms. The van der Waals surface area contributed by atoms with E-state index in [1.54, 1.807) is 27.1 Å². The Balaban J connectivity index is 2.26. The zero-order valence-corrected chi connectivity index (χ0v) is 13.3. The molecule has 0 bridgehead atoms. The number of hydrogen-bond acceptors (Lipinski definition) is 3. The van der Waals surface area contributed by atoms with E-state index in [0.717, 1.165) is 5.56 Å². The van der Waals surface area contributed by atoms with Gasteiger partial charge < -0.3 is 9.30 Å². The highest BCUT2D eigenvalue weighted by molar-refractivity contribution is 5.88. The van der Waals surface area contributed by atoms with Crippen molar-refractivity contribution in [1.29, 1.82) is 0 Å². The van der Waals surface area contributed by atoms with Crippen LogP contribution in [0, 0.1) is 11.8 Å². The molecule has 0 spiro atoms. The van der Waals surface area contributed by atoms with Crippen molar-refractivity contribution in [3.63, 3.8) is 0 Å². The molecule has 0 aliphatic heterocycles. The van der Waals surface area contributed by atoms with Crippen LogP contribution in [0.1, 0.15) is 49.8 Å². The molecule has 1 unspecified atom stereocenters. The van der Waals surface area contributed by atoms with Gasteiger partial charge in [-0.25, -0.2) is 9.78 Å². The maximum atomic E-state index is 12.4. The first-order chi connectivity index (χ1) is 10.4. The van der Waals surface area contributed by atoms with Crippen molar-refractivity contribution in [2.45, 2.75) is 39.3 Å². The number of hydrogen-bond donors (Lipinski definition) is 0. The van der Waals surface area contributed by atoms with Gasteiger partial charge in [-0.2, -0.15) is 0 Å². The van der Waals surface area contributed by atoms with Crippen LogP contribution in [0.15, 0.2) is 42.9 Å². The summed E-state index contributed by atoms with van der Waals surface area (Å²) in [5.74, 6) is 5.22. The van der Waals surface area contributed by atoms with Gasteiger partial charge in [0.15, 0.2) is 5.60 Å². The number of benzene rings is 1. The number of aromatic nitrogens is 2. The van der Waals surface area contributed by atoms with Crippen LogP contribution in [0.2, 0.25) is 0 Å². The summed E-state index contributed by atoms with van der Waals surface area (Å²) in [6.45, 7) is 7.27. The van der Waals surface area contributed by atoms with Gasteiger partial charge in [0.2, 0.25) is 0 Å². The Morgan fingerprint density at radius 3 is 2.64 bits per heavy atom. The molecule has 1 aromatic heterocycles. The van der Waals surface area contributed by atoms with E-state index < -0.39 is 11.6 Å². The van der Waals surface area contributed by atoms with Gasteiger partial charge in [-0.05, 0) is 33.3 Å². The fraction of sp³-hybridized carbons (Fsp3) is 0.333. The Kier molecular flexibility index (Phi) is 4.67. The van der Waals surface area contributed by atoms with Crippen LogP contribution in [0.5, 0.6) is 0 Å². The van der Waals surface area contributed by atoms with Crippen LogP contribution in [0.25, 0.3) is 0 Å². The molecule has 0 fully saturated rings. The lowest BCUT2D eigenvalue weighted by Crippen LogP contribution is -2.28. The second-order valence-electron chi connectivity index (χ2n) is 5.55. The van der Waals surface area contributed by atoms with Crippen molar-refractivity contribution in [3.05, 3.63) is 54.1 Å². The van der Waals surface area contributed by atoms with Crippen LogP contribution in [0.4, 0.5) is 0 Å². The Labute approximate surface area is 131 Å². The zero-order valence-electron chi connectivity index (χ0n) is 13.3. The first-order valence-electron chi connectivity index (χ1n) is 7.18. The van der Waals surface area contributed by atoms with E-state index >= 15 is 0 Å². The maximum absolute atomic E-state index is 12.4. The van der Waals surface area contributed by atoms with E-state index in [1.807, 2.05) is 41.8 Å². The van der Waals surface area contributed by atoms with E-state index in [2.05, 4.69) is 16.8 Å². The summed E-state index contributed by atoms with van der Waals surface area (Å²) in [5.41, 5.74) is 0.696. The van der Waals surface area contributed by atoms with Crippen LogP contribution >= 0.6 is 0 Å². The standard InChI is InChI=1S/C18H20N2O2/c1-5-11-18(3,4)22-17(21)16-12-19-13-20(16)14(2)15-9-7-6-8-10-15/h6-10,12-14H,1-4H3. The lowest BCUT2D eigenvalue weighted by molar-refractivity contribution is 0.0191. The minimum atomic E-state index is -0.823. The minimum absolute atomic E-state index is 0.00776. The number of carbonyl (C=O) groups is 1. The molecule has 4 nitrogen and oxygen atoms in total. The molecule has 0 N–H and O–H groups in total. The highest BCUT2D eigenvalue weighted by atomic mass is 16.6.